The average molecular weight is 280 g/mol. The first-order valence-electron chi connectivity index (χ1n) is 7.33. The fraction of sp³-hybridized carbons (Fsp3) is 0.714. The number of hydrogen-bond donors (Lipinski definition) is 2. The third-order valence-electron chi connectivity index (χ3n) is 4.41. The molecule has 1 aliphatic rings. The fourth-order valence-corrected chi connectivity index (χ4v) is 2.78. The van der Waals surface area contributed by atoms with Crippen molar-refractivity contribution < 1.29 is 0 Å². The Hall–Kier alpha value is -1.72. The van der Waals surface area contributed by atoms with Crippen LogP contribution >= 0.6 is 0 Å². The molecule has 1 saturated carbocycles. The minimum absolute atomic E-state index is 0.0330. The Morgan fingerprint density at radius 2 is 1.95 bits per heavy atom. The maximum absolute atomic E-state index is 12.3. The summed E-state index contributed by atoms with van der Waals surface area (Å²) < 4.78 is 2.61. The molecule has 1 heterocycles. The molecule has 0 atom stereocenters. The smallest absolute Gasteiger partial charge is 0.332 e. The van der Waals surface area contributed by atoms with Crippen LogP contribution in [0.4, 0.5) is 11.5 Å². The summed E-state index contributed by atoms with van der Waals surface area (Å²) in [5, 5.41) is 3.33. The predicted octanol–water partition coefficient (Wildman–Crippen LogP) is 1.28. The highest BCUT2D eigenvalue weighted by Gasteiger charge is 2.36. The van der Waals surface area contributed by atoms with Gasteiger partial charge in [0.25, 0.3) is 5.56 Å². The van der Waals surface area contributed by atoms with E-state index >= 15 is 0 Å². The molecule has 6 nitrogen and oxygen atoms in total. The zero-order chi connectivity index (χ0) is 14.9. The van der Waals surface area contributed by atoms with Gasteiger partial charge in [-0.3, -0.25) is 13.9 Å². The molecule has 0 aliphatic heterocycles. The molecule has 0 aromatic carbocycles. The van der Waals surface area contributed by atoms with Crippen molar-refractivity contribution in [3.63, 3.8) is 0 Å². The zero-order valence-corrected chi connectivity index (χ0v) is 12.5. The van der Waals surface area contributed by atoms with Gasteiger partial charge in [0, 0.05) is 19.1 Å². The Kier molecular flexibility index (Phi) is 3.92. The lowest BCUT2D eigenvalue weighted by Crippen LogP contribution is -2.48. The van der Waals surface area contributed by atoms with Gasteiger partial charge in [-0.1, -0.05) is 13.8 Å². The van der Waals surface area contributed by atoms with Crippen molar-refractivity contribution in [2.75, 3.05) is 11.1 Å². The molecule has 1 fully saturated rings. The Balaban J connectivity index is 2.52. The maximum Gasteiger partial charge on any atom is 0.332 e. The third-order valence-corrected chi connectivity index (χ3v) is 4.41. The first-order chi connectivity index (χ1) is 9.45. The Morgan fingerprint density at radius 1 is 1.30 bits per heavy atom. The Labute approximate surface area is 118 Å². The lowest BCUT2D eigenvalue weighted by Gasteiger charge is -2.43. The SMILES string of the molecule is CCCn1c(N)c(NC2(CC)CCC2)c(=O)n(C)c1=O. The normalized spacial score (nSPS) is 16.8. The largest absolute Gasteiger partial charge is 0.383 e. The fourth-order valence-electron chi connectivity index (χ4n) is 2.78. The highest BCUT2D eigenvalue weighted by molar-refractivity contribution is 5.62. The number of aromatic nitrogens is 2. The summed E-state index contributed by atoms with van der Waals surface area (Å²) in [6, 6.07) is 0. The first-order valence-corrected chi connectivity index (χ1v) is 7.33. The molecule has 0 saturated heterocycles. The highest BCUT2D eigenvalue weighted by Crippen LogP contribution is 2.38. The molecule has 112 valence electrons. The number of nitrogen functional groups attached to an aromatic ring is 1. The van der Waals surface area contributed by atoms with Gasteiger partial charge < -0.3 is 11.1 Å². The molecular formula is C14H24N4O2. The standard InChI is InChI=1S/C14H24N4O2/c1-4-9-18-11(15)10(12(19)17(3)13(18)20)16-14(5-2)7-6-8-14/h16H,4-9,15H2,1-3H3. The van der Waals surface area contributed by atoms with Crippen LogP contribution in [0.1, 0.15) is 46.0 Å². The Bertz CT molecular complexity index is 605. The van der Waals surface area contributed by atoms with Crippen molar-refractivity contribution in [1.29, 1.82) is 0 Å². The van der Waals surface area contributed by atoms with Gasteiger partial charge in [0.05, 0.1) is 0 Å². The van der Waals surface area contributed by atoms with Crippen LogP contribution in [0.2, 0.25) is 0 Å². The third kappa shape index (κ3) is 2.23. The number of rotatable bonds is 5. The van der Waals surface area contributed by atoms with Gasteiger partial charge >= 0.3 is 5.69 Å². The number of nitrogens with two attached hydrogens (primary N) is 1. The van der Waals surface area contributed by atoms with E-state index in [0.29, 0.717) is 12.2 Å². The second-order valence-corrected chi connectivity index (χ2v) is 5.67. The average Bonchev–Trinajstić information content (AvgIpc) is 2.40. The van der Waals surface area contributed by atoms with Crippen molar-refractivity contribution in [2.45, 2.75) is 58.0 Å². The quantitative estimate of drug-likeness (QED) is 0.851. The zero-order valence-electron chi connectivity index (χ0n) is 12.5. The first kappa shape index (κ1) is 14.7. The number of anilines is 2. The van der Waals surface area contributed by atoms with Crippen LogP contribution in [0.3, 0.4) is 0 Å². The van der Waals surface area contributed by atoms with E-state index in [0.717, 1.165) is 36.7 Å². The van der Waals surface area contributed by atoms with E-state index in [1.165, 1.54) is 11.6 Å². The second kappa shape index (κ2) is 5.34. The predicted molar refractivity (Wildman–Crippen MR) is 81.1 cm³/mol. The topological polar surface area (TPSA) is 82.0 Å². The van der Waals surface area contributed by atoms with Gasteiger partial charge in [-0.15, -0.1) is 0 Å². The lowest BCUT2D eigenvalue weighted by molar-refractivity contribution is 0.269. The molecule has 0 unspecified atom stereocenters. The Morgan fingerprint density at radius 3 is 2.40 bits per heavy atom. The van der Waals surface area contributed by atoms with Crippen LogP contribution in [-0.2, 0) is 13.6 Å². The molecule has 1 aliphatic carbocycles. The molecule has 1 aromatic heterocycles. The van der Waals surface area contributed by atoms with E-state index in [-0.39, 0.29) is 22.6 Å². The molecule has 20 heavy (non-hydrogen) atoms. The van der Waals surface area contributed by atoms with Gasteiger partial charge in [-0.05, 0) is 32.1 Å². The lowest BCUT2D eigenvalue weighted by atomic mass is 9.75. The maximum atomic E-state index is 12.3. The summed E-state index contributed by atoms with van der Waals surface area (Å²) in [5.41, 5.74) is 5.73. The van der Waals surface area contributed by atoms with Gasteiger partial charge in [-0.25, -0.2) is 4.79 Å². The van der Waals surface area contributed by atoms with E-state index in [1.54, 1.807) is 0 Å². The van der Waals surface area contributed by atoms with Crippen molar-refractivity contribution in [3.8, 4) is 0 Å². The number of hydrogen-bond acceptors (Lipinski definition) is 4. The molecule has 0 radical (unpaired) electrons. The molecule has 6 heteroatoms. The second-order valence-electron chi connectivity index (χ2n) is 5.67. The molecule has 0 spiro atoms. The van der Waals surface area contributed by atoms with Gasteiger partial charge in [-0.2, -0.15) is 0 Å². The molecule has 3 N–H and O–H groups in total. The van der Waals surface area contributed by atoms with Gasteiger partial charge in [0.2, 0.25) is 0 Å². The van der Waals surface area contributed by atoms with Crippen molar-refractivity contribution in [1.82, 2.24) is 9.13 Å². The van der Waals surface area contributed by atoms with Gasteiger partial charge in [0.1, 0.15) is 11.5 Å². The molecule has 0 amide bonds. The van der Waals surface area contributed by atoms with Crippen molar-refractivity contribution in [3.05, 3.63) is 20.8 Å². The summed E-state index contributed by atoms with van der Waals surface area (Å²) in [6.07, 6.45) is 4.98. The minimum atomic E-state index is -0.348. The van der Waals surface area contributed by atoms with E-state index in [4.69, 9.17) is 5.73 Å². The molecule has 0 bridgehead atoms. The molecular weight excluding hydrogens is 256 g/mol. The van der Waals surface area contributed by atoms with Crippen LogP contribution in [-0.4, -0.2) is 14.7 Å². The van der Waals surface area contributed by atoms with Crippen molar-refractivity contribution >= 4 is 11.5 Å². The summed E-state index contributed by atoms with van der Waals surface area (Å²) in [6.45, 7) is 4.60. The van der Waals surface area contributed by atoms with E-state index in [9.17, 15) is 9.59 Å². The van der Waals surface area contributed by atoms with Crippen LogP contribution in [0.15, 0.2) is 9.59 Å². The highest BCUT2D eigenvalue weighted by atomic mass is 16.2. The summed E-state index contributed by atoms with van der Waals surface area (Å²) in [4.78, 5) is 24.4. The summed E-state index contributed by atoms with van der Waals surface area (Å²) in [5.74, 6) is 0.264. The van der Waals surface area contributed by atoms with Crippen LogP contribution in [0.5, 0.6) is 0 Å². The van der Waals surface area contributed by atoms with Gasteiger partial charge in [0.15, 0.2) is 0 Å². The van der Waals surface area contributed by atoms with E-state index in [1.807, 2.05) is 6.92 Å². The summed E-state index contributed by atoms with van der Waals surface area (Å²) >= 11 is 0. The van der Waals surface area contributed by atoms with Crippen LogP contribution < -0.4 is 22.3 Å². The van der Waals surface area contributed by atoms with Crippen LogP contribution in [0, 0.1) is 0 Å². The summed E-state index contributed by atoms with van der Waals surface area (Å²) in [7, 11) is 1.50. The number of nitrogens with one attached hydrogen (secondary N) is 1. The van der Waals surface area contributed by atoms with Crippen LogP contribution in [0.25, 0.3) is 0 Å². The monoisotopic (exact) mass is 280 g/mol. The minimum Gasteiger partial charge on any atom is -0.383 e. The molecule has 2 rings (SSSR count). The molecule has 1 aromatic rings. The van der Waals surface area contributed by atoms with E-state index in [2.05, 4.69) is 12.2 Å². The van der Waals surface area contributed by atoms with Crippen molar-refractivity contribution in [2.24, 2.45) is 7.05 Å². The van der Waals surface area contributed by atoms with E-state index < -0.39 is 0 Å². The number of nitrogens with zero attached hydrogens (tertiary/aromatic N) is 2.